The van der Waals surface area contributed by atoms with Crippen molar-refractivity contribution in [1.82, 2.24) is 15.0 Å². The molecule has 5 rings (SSSR count). The molecule has 0 unspecified atom stereocenters. The van der Waals surface area contributed by atoms with Crippen LogP contribution in [-0.2, 0) is 27.2 Å². The summed E-state index contributed by atoms with van der Waals surface area (Å²) in [6.45, 7) is 0.471. The van der Waals surface area contributed by atoms with Gasteiger partial charge in [-0.2, -0.15) is 0 Å². The topological polar surface area (TPSA) is 87.9 Å². The number of benzene rings is 2. The average Bonchev–Trinajstić information content (AvgIpc) is 3.40. The van der Waals surface area contributed by atoms with Gasteiger partial charge in [-0.05, 0) is 54.5 Å². The predicted molar refractivity (Wildman–Crippen MR) is 135 cm³/mol. The number of methoxy groups -OCH3 is 2. The van der Waals surface area contributed by atoms with E-state index in [4.69, 9.17) is 18.9 Å². The van der Waals surface area contributed by atoms with Crippen LogP contribution in [0.4, 0.5) is 0 Å². The maximum absolute atomic E-state index is 9.59. The summed E-state index contributed by atoms with van der Waals surface area (Å²) >= 11 is 0. The summed E-state index contributed by atoms with van der Waals surface area (Å²) in [5, 5.41) is 18.2. The lowest BCUT2D eigenvalue weighted by atomic mass is 9.88. The fourth-order valence-electron chi connectivity index (χ4n) is 5.33. The van der Waals surface area contributed by atoms with E-state index in [0.29, 0.717) is 6.61 Å². The molecule has 0 aliphatic carbocycles. The van der Waals surface area contributed by atoms with Gasteiger partial charge in [0.2, 0.25) is 0 Å². The quantitative estimate of drug-likeness (QED) is 0.483. The number of aromatic nitrogens is 3. The average molecular weight is 494 g/mol. The van der Waals surface area contributed by atoms with E-state index < -0.39 is 0 Å². The zero-order chi connectivity index (χ0) is 24.9. The van der Waals surface area contributed by atoms with Crippen LogP contribution in [0.2, 0.25) is 0 Å². The van der Waals surface area contributed by atoms with E-state index in [1.54, 1.807) is 14.2 Å². The molecule has 8 heteroatoms. The number of aliphatic hydroxyl groups is 1. The van der Waals surface area contributed by atoms with E-state index in [1.165, 1.54) is 16.7 Å². The van der Waals surface area contributed by atoms with Crippen molar-refractivity contribution in [1.29, 1.82) is 0 Å². The first-order chi connectivity index (χ1) is 17.7. The number of nitrogens with zero attached hydrogens (tertiary/aromatic N) is 3. The third-order valence-corrected chi connectivity index (χ3v) is 7.30. The Balaban J connectivity index is 1.28. The highest BCUT2D eigenvalue weighted by molar-refractivity contribution is 5.64. The third kappa shape index (κ3) is 5.62. The van der Waals surface area contributed by atoms with Gasteiger partial charge in [-0.3, -0.25) is 0 Å². The molecule has 0 spiro atoms. The van der Waals surface area contributed by atoms with Crippen molar-refractivity contribution in [3.8, 4) is 16.9 Å². The first kappa shape index (κ1) is 24.9. The minimum atomic E-state index is -0.115. The minimum Gasteiger partial charge on any atom is -0.497 e. The monoisotopic (exact) mass is 493 g/mol. The largest absolute Gasteiger partial charge is 0.497 e. The Morgan fingerprint density at radius 2 is 1.72 bits per heavy atom. The summed E-state index contributed by atoms with van der Waals surface area (Å²) in [6.07, 6.45) is 6.13. The molecule has 8 nitrogen and oxygen atoms in total. The second-order valence-electron chi connectivity index (χ2n) is 9.66. The number of fused-ring (bicyclic) bond motifs is 1. The third-order valence-electron chi connectivity index (χ3n) is 7.30. The number of ether oxygens (including phenoxy) is 4. The van der Waals surface area contributed by atoms with Crippen molar-refractivity contribution in [2.75, 3.05) is 20.8 Å². The SMILES string of the molecule is COCc1cn([C@H]2C[C@@H]3O[C@@H](CO)CC[C@@H]3O[C@@H]2CCc2ccc(-c3ccc(OC)cc3)cc2)nn1. The van der Waals surface area contributed by atoms with Gasteiger partial charge in [-0.1, -0.05) is 41.6 Å². The fraction of sp³-hybridized carbons (Fsp3) is 0.500. The molecule has 192 valence electrons. The molecule has 2 aliphatic rings. The summed E-state index contributed by atoms with van der Waals surface area (Å²) in [5.74, 6) is 0.858. The molecule has 1 N–H and O–H groups in total. The Bertz CT molecular complexity index is 1100. The second kappa shape index (κ2) is 11.5. The lowest BCUT2D eigenvalue weighted by Gasteiger charge is -2.45. The fourth-order valence-corrected chi connectivity index (χ4v) is 5.33. The van der Waals surface area contributed by atoms with E-state index in [-0.39, 0.29) is 37.1 Å². The first-order valence-corrected chi connectivity index (χ1v) is 12.7. The maximum atomic E-state index is 9.59. The standard InChI is InChI=1S/C28H35N3O5/c1-33-18-22-16-31(30-29-22)25-15-28-27(14-12-24(17-32)35-28)36-26(25)13-5-19-3-6-20(7-4-19)21-8-10-23(34-2)11-9-21/h3-4,6-11,16,24-28,32H,5,12-15,17-18H2,1-2H3/t24-,25+,26-,27+,28+/m1/s1. The van der Waals surface area contributed by atoms with Crippen molar-refractivity contribution in [3.05, 3.63) is 66.0 Å². The molecular weight excluding hydrogens is 458 g/mol. The van der Waals surface area contributed by atoms with Crippen molar-refractivity contribution in [2.45, 2.75) is 69.2 Å². The Kier molecular flexibility index (Phi) is 7.96. The summed E-state index contributed by atoms with van der Waals surface area (Å²) < 4.78 is 25.2. The Labute approximate surface area is 212 Å². The van der Waals surface area contributed by atoms with Gasteiger partial charge in [0.1, 0.15) is 11.4 Å². The highest BCUT2D eigenvalue weighted by Crippen LogP contribution is 2.38. The molecule has 2 aliphatic heterocycles. The van der Waals surface area contributed by atoms with Crippen LogP contribution in [0.1, 0.15) is 43.0 Å². The van der Waals surface area contributed by atoms with E-state index in [2.05, 4.69) is 46.7 Å². The van der Waals surface area contributed by atoms with Gasteiger partial charge in [-0.25, -0.2) is 4.68 Å². The molecule has 0 bridgehead atoms. The lowest BCUT2D eigenvalue weighted by Crippen LogP contribution is -2.51. The molecule has 3 heterocycles. The molecule has 3 aromatic rings. The van der Waals surface area contributed by atoms with Gasteiger partial charge in [-0.15, -0.1) is 5.10 Å². The van der Waals surface area contributed by atoms with Gasteiger partial charge in [0, 0.05) is 13.5 Å². The van der Waals surface area contributed by atoms with Crippen LogP contribution in [-0.4, -0.2) is 65.3 Å². The lowest BCUT2D eigenvalue weighted by molar-refractivity contribution is -0.209. The van der Waals surface area contributed by atoms with E-state index >= 15 is 0 Å². The molecule has 5 atom stereocenters. The van der Waals surface area contributed by atoms with Gasteiger partial charge in [0.05, 0.1) is 57.0 Å². The van der Waals surface area contributed by atoms with Crippen LogP contribution >= 0.6 is 0 Å². The summed E-state index contributed by atoms with van der Waals surface area (Å²) in [7, 11) is 3.33. The highest BCUT2D eigenvalue weighted by atomic mass is 16.6. The number of hydrogen-bond donors (Lipinski definition) is 1. The maximum Gasteiger partial charge on any atom is 0.118 e. The van der Waals surface area contributed by atoms with Crippen LogP contribution in [0.5, 0.6) is 5.75 Å². The zero-order valence-electron chi connectivity index (χ0n) is 21.0. The first-order valence-electron chi connectivity index (χ1n) is 12.7. The number of aliphatic hydroxyl groups excluding tert-OH is 1. The van der Waals surface area contributed by atoms with Crippen LogP contribution in [0.3, 0.4) is 0 Å². The van der Waals surface area contributed by atoms with E-state index in [9.17, 15) is 5.11 Å². The van der Waals surface area contributed by atoms with Crippen molar-refractivity contribution < 1.29 is 24.1 Å². The summed E-state index contributed by atoms with van der Waals surface area (Å²) in [4.78, 5) is 0. The molecule has 36 heavy (non-hydrogen) atoms. The molecule has 0 amide bonds. The van der Waals surface area contributed by atoms with Gasteiger partial charge < -0.3 is 24.1 Å². The Morgan fingerprint density at radius 3 is 2.42 bits per heavy atom. The Hall–Kier alpha value is -2.78. The number of hydrogen-bond acceptors (Lipinski definition) is 7. The smallest absolute Gasteiger partial charge is 0.118 e. The van der Waals surface area contributed by atoms with Crippen molar-refractivity contribution in [3.63, 3.8) is 0 Å². The molecule has 2 aromatic carbocycles. The molecule has 0 saturated carbocycles. The van der Waals surface area contributed by atoms with Gasteiger partial charge >= 0.3 is 0 Å². The highest BCUT2D eigenvalue weighted by Gasteiger charge is 2.43. The van der Waals surface area contributed by atoms with E-state index in [1.807, 2.05) is 23.0 Å². The van der Waals surface area contributed by atoms with Crippen LogP contribution in [0, 0.1) is 0 Å². The van der Waals surface area contributed by atoms with Crippen molar-refractivity contribution >= 4 is 0 Å². The normalized spacial score (nSPS) is 25.9. The number of rotatable bonds is 9. The molecule has 0 radical (unpaired) electrons. The van der Waals surface area contributed by atoms with Crippen LogP contribution in [0.15, 0.2) is 54.7 Å². The summed E-state index contributed by atoms with van der Waals surface area (Å²) in [5.41, 5.74) is 4.42. The zero-order valence-corrected chi connectivity index (χ0v) is 21.0. The number of aryl methyl sites for hydroxylation is 1. The van der Waals surface area contributed by atoms with Crippen LogP contribution < -0.4 is 4.74 Å². The Morgan fingerprint density at radius 1 is 0.972 bits per heavy atom. The summed E-state index contributed by atoms with van der Waals surface area (Å²) in [6, 6.07) is 16.9. The predicted octanol–water partition coefficient (Wildman–Crippen LogP) is 3.97. The van der Waals surface area contributed by atoms with Crippen LogP contribution in [0.25, 0.3) is 11.1 Å². The molecule has 1 aromatic heterocycles. The van der Waals surface area contributed by atoms with Crippen molar-refractivity contribution in [2.24, 2.45) is 0 Å². The van der Waals surface area contributed by atoms with Gasteiger partial charge in [0.15, 0.2) is 0 Å². The molecule has 2 saturated heterocycles. The molecule has 2 fully saturated rings. The minimum absolute atomic E-state index is 0.00103. The van der Waals surface area contributed by atoms with E-state index in [0.717, 1.165) is 43.5 Å². The second-order valence-corrected chi connectivity index (χ2v) is 9.66. The molecular formula is C28H35N3O5. The van der Waals surface area contributed by atoms with Gasteiger partial charge in [0.25, 0.3) is 0 Å².